The second-order valence-corrected chi connectivity index (χ2v) is 20.5. The van der Waals surface area contributed by atoms with E-state index >= 15 is 0 Å². The third-order valence-electron chi connectivity index (χ3n) is 16.5. The highest BCUT2D eigenvalue weighted by Gasteiger charge is 2.60. The van der Waals surface area contributed by atoms with Gasteiger partial charge in [0, 0.05) is 76.4 Å². The molecule has 1 N–H and O–H groups in total. The molecule has 3 aromatic rings. The van der Waals surface area contributed by atoms with E-state index in [9.17, 15) is 33.2 Å². The Balaban J connectivity index is 0.631. The van der Waals surface area contributed by atoms with Gasteiger partial charge in [-0.25, -0.2) is 9.49 Å². The molecule has 0 unspecified atom stereocenters. The van der Waals surface area contributed by atoms with E-state index in [1.165, 1.54) is 17.7 Å². The first-order chi connectivity index (χ1) is 32.9. The lowest BCUT2D eigenvalue weighted by molar-refractivity contribution is -0.138. The molecule has 366 valence electrons. The number of carbonyl (C=O) groups is 5. The minimum Gasteiger partial charge on any atom is -0.379 e. The van der Waals surface area contributed by atoms with Crippen molar-refractivity contribution in [2.45, 2.75) is 110 Å². The lowest BCUT2D eigenvalue weighted by atomic mass is 9.46. The summed E-state index contributed by atoms with van der Waals surface area (Å²) in [5.41, 5.74) is 2.52. The van der Waals surface area contributed by atoms with Crippen molar-refractivity contribution < 1.29 is 42.6 Å². The Morgan fingerprint density at radius 1 is 0.765 bits per heavy atom. The molecule has 8 rings (SSSR count). The van der Waals surface area contributed by atoms with Gasteiger partial charge in [-0.3, -0.25) is 28.8 Å². The highest BCUT2D eigenvalue weighted by molar-refractivity contribution is 5.95. The van der Waals surface area contributed by atoms with Gasteiger partial charge < -0.3 is 24.0 Å². The van der Waals surface area contributed by atoms with Crippen LogP contribution in [0, 0.1) is 40.3 Å². The number of ether oxygens (including phenoxy) is 3. The number of hydrogen-bond acceptors (Lipinski definition) is 10. The first-order valence-electron chi connectivity index (χ1n) is 25.2. The number of carbonyl (C=O) groups excluding carboxylic acids is 5. The maximum Gasteiger partial charge on any atom is 0.272 e. The Kier molecular flexibility index (Phi) is 16.2. The lowest BCUT2D eigenvalue weighted by Gasteiger charge is -2.58. The first-order valence-corrected chi connectivity index (χ1v) is 25.2. The standard InChI is InChI=1S/C54H69FN4O9/c1-53-21-19-39(61)33-37(53)14-15-42-44-16-17-46(54(44,2)22-20-45(42)53)49(62)34-67-27-7-3-4-9-38(60)10-8-28-66-29-30-68-35-50(63)58-23-25-59(26-24-58)52(65)43-31-36(13-18-47(43)55)32-48-40-11-5-6-12-41(40)51(64)57-56-48/h5-6,11-13,18,31,33,42,44-46H,3-4,7-10,14-17,19-30,32,34-35H2,1-2H3,(H,57,64)/t42-,44-,45-,46+,53-,54-/m0/s1. The summed E-state index contributed by atoms with van der Waals surface area (Å²) >= 11 is 0. The molecule has 2 aromatic carbocycles. The van der Waals surface area contributed by atoms with E-state index in [0.717, 1.165) is 64.2 Å². The van der Waals surface area contributed by atoms with Crippen LogP contribution in [0.2, 0.25) is 0 Å². The quantitative estimate of drug-likeness (QED) is 0.105. The molecule has 0 bridgehead atoms. The van der Waals surface area contributed by atoms with E-state index < -0.39 is 11.7 Å². The molecule has 4 fully saturated rings. The number of halogens is 1. The number of aromatic amines is 1. The molecule has 68 heavy (non-hydrogen) atoms. The number of amides is 2. The number of nitrogens with zero attached hydrogens (tertiary/aromatic N) is 3. The van der Waals surface area contributed by atoms with Crippen molar-refractivity contribution >= 4 is 39.9 Å². The molecular weight excluding hydrogens is 868 g/mol. The normalized spacial score (nSPS) is 25.7. The van der Waals surface area contributed by atoms with Crippen LogP contribution in [0.25, 0.3) is 10.8 Å². The van der Waals surface area contributed by atoms with Crippen molar-refractivity contribution in [1.29, 1.82) is 0 Å². The smallest absolute Gasteiger partial charge is 0.272 e. The van der Waals surface area contributed by atoms with Crippen molar-refractivity contribution in [1.82, 2.24) is 20.0 Å². The summed E-state index contributed by atoms with van der Waals surface area (Å²) in [6.07, 6.45) is 14.5. The monoisotopic (exact) mass is 937 g/mol. The number of Topliss-reactive ketones (excluding diaryl/α,β-unsaturated/α-hetero) is 2. The Morgan fingerprint density at radius 3 is 2.32 bits per heavy atom. The van der Waals surface area contributed by atoms with Gasteiger partial charge in [-0.15, -0.1) is 0 Å². The lowest BCUT2D eigenvalue weighted by Crippen LogP contribution is -2.51. The van der Waals surface area contributed by atoms with Crippen LogP contribution in [0.4, 0.5) is 4.39 Å². The number of nitrogens with one attached hydrogen (secondary N) is 1. The van der Waals surface area contributed by atoms with Gasteiger partial charge in [0.1, 0.15) is 24.8 Å². The second kappa shape index (κ2) is 22.2. The maximum atomic E-state index is 14.9. The van der Waals surface area contributed by atoms with Crippen molar-refractivity contribution in [3.63, 3.8) is 0 Å². The van der Waals surface area contributed by atoms with Crippen LogP contribution in [-0.2, 0) is 39.8 Å². The van der Waals surface area contributed by atoms with Gasteiger partial charge in [-0.2, -0.15) is 5.10 Å². The van der Waals surface area contributed by atoms with Gasteiger partial charge in [-0.1, -0.05) is 50.1 Å². The van der Waals surface area contributed by atoms with E-state index in [1.807, 2.05) is 18.2 Å². The zero-order chi connectivity index (χ0) is 47.8. The van der Waals surface area contributed by atoms with E-state index in [1.54, 1.807) is 28.0 Å². The maximum absolute atomic E-state index is 14.9. The summed E-state index contributed by atoms with van der Waals surface area (Å²) < 4.78 is 32.0. The summed E-state index contributed by atoms with van der Waals surface area (Å²) in [5.74, 6) is 1.38. The third-order valence-corrected chi connectivity index (χ3v) is 16.5. The molecule has 1 aromatic heterocycles. The summed E-state index contributed by atoms with van der Waals surface area (Å²) in [6.45, 7) is 7.44. The zero-order valence-corrected chi connectivity index (χ0v) is 40.0. The number of rotatable bonds is 21. The molecular formula is C54H69FN4O9. The number of benzene rings is 2. The summed E-state index contributed by atoms with van der Waals surface area (Å²) in [7, 11) is 0. The fraction of sp³-hybridized carbons (Fsp3) is 0.611. The second-order valence-electron chi connectivity index (χ2n) is 20.5. The van der Waals surface area contributed by atoms with E-state index in [4.69, 9.17) is 14.2 Å². The molecule has 3 saturated carbocycles. The van der Waals surface area contributed by atoms with Crippen LogP contribution >= 0.6 is 0 Å². The number of ketones is 3. The summed E-state index contributed by atoms with van der Waals surface area (Å²) in [6, 6.07) is 11.5. The van der Waals surface area contributed by atoms with Crippen LogP contribution in [-0.4, -0.2) is 115 Å². The summed E-state index contributed by atoms with van der Waals surface area (Å²) in [4.78, 5) is 79.7. The van der Waals surface area contributed by atoms with Crippen LogP contribution in [0.3, 0.4) is 0 Å². The highest BCUT2D eigenvalue weighted by Crippen LogP contribution is 2.66. The number of unbranched alkanes of at least 4 members (excludes halogenated alkanes) is 2. The SMILES string of the molecule is C[C@]12CC[C@H]3[C@@H](CCC4=CC(=O)CC[C@@]43C)[C@@H]1CC[C@@H]2C(=O)COCCCCCC(=O)CCCOCCOCC(=O)N1CCN(C(=O)c2cc(Cc3n[nH]c(=O)c4ccccc34)ccc2F)CC1. The van der Waals surface area contributed by atoms with Crippen LogP contribution in [0.1, 0.15) is 125 Å². The molecule has 13 nitrogen and oxygen atoms in total. The highest BCUT2D eigenvalue weighted by atomic mass is 19.1. The van der Waals surface area contributed by atoms with Gasteiger partial charge in [0.2, 0.25) is 5.91 Å². The van der Waals surface area contributed by atoms with Crippen molar-refractivity contribution in [3.8, 4) is 0 Å². The Morgan fingerprint density at radius 2 is 1.50 bits per heavy atom. The first kappa shape index (κ1) is 49.5. The van der Waals surface area contributed by atoms with Gasteiger partial charge in [0.05, 0.1) is 29.9 Å². The Labute approximate surface area is 398 Å². The van der Waals surface area contributed by atoms with Crippen molar-refractivity contribution in [2.24, 2.45) is 34.5 Å². The molecule has 0 radical (unpaired) electrons. The molecule has 2 heterocycles. The predicted molar refractivity (Wildman–Crippen MR) is 254 cm³/mol. The molecule has 14 heteroatoms. The van der Waals surface area contributed by atoms with Gasteiger partial charge in [0.15, 0.2) is 11.6 Å². The minimum atomic E-state index is -0.631. The van der Waals surface area contributed by atoms with Crippen LogP contribution < -0.4 is 5.56 Å². The van der Waals surface area contributed by atoms with E-state index in [0.29, 0.717) is 111 Å². The Hall–Kier alpha value is -4.92. The number of H-pyrrole nitrogens is 1. The molecule has 1 saturated heterocycles. The molecule has 6 atom stereocenters. The fourth-order valence-electron chi connectivity index (χ4n) is 12.7. The number of allylic oxidation sites excluding steroid dienone is 1. The number of fused-ring (bicyclic) bond motifs is 6. The van der Waals surface area contributed by atoms with Crippen molar-refractivity contribution in [3.05, 3.63) is 87.1 Å². The average molecular weight is 937 g/mol. The molecule has 4 aliphatic carbocycles. The molecule has 2 amide bonds. The molecule has 5 aliphatic rings. The average Bonchev–Trinajstić information content (AvgIpc) is 3.71. The third kappa shape index (κ3) is 11.1. The largest absolute Gasteiger partial charge is 0.379 e. The zero-order valence-electron chi connectivity index (χ0n) is 40.0. The van der Waals surface area contributed by atoms with Crippen molar-refractivity contribution in [2.75, 3.05) is 65.8 Å². The number of hydrogen-bond donors (Lipinski definition) is 1. The predicted octanol–water partition coefficient (Wildman–Crippen LogP) is 7.61. The van der Waals surface area contributed by atoms with Gasteiger partial charge in [0.25, 0.3) is 11.5 Å². The van der Waals surface area contributed by atoms with Gasteiger partial charge >= 0.3 is 0 Å². The molecule has 0 spiro atoms. The summed E-state index contributed by atoms with van der Waals surface area (Å²) in [5, 5.41) is 7.91. The fourth-order valence-corrected chi connectivity index (χ4v) is 12.7. The molecule has 1 aliphatic heterocycles. The topological polar surface area (TPSA) is 165 Å². The minimum absolute atomic E-state index is 0.0433. The Bertz CT molecular complexity index is 2430. The van der Waals surface area contributed by atoms with E-state index in [2.05, 4.69) is 24.0 Å². The van der Waals surface area contributed by atoms with Gasteiger partial charge in [-0.05, 0) is 123 Å². The van der Waals surface area contributed by atoms with E-state index in [-0.39, 0.29) is 78.3 Å². The van der Waals surface area contributed by atoms with Crippen LogP contribution in [0.5, 0.6) is 0 Å². The number of aromatic nitrogens is 2. The number of piperazine rings is 1. The van der Waals surface area contributed by atoms with Crippen LogP contribution in [0.15, 0.2) is 58.9 Å².